The lowest BCUT2D eigenvalue weighted by molar-refractivity contribution is -0.113. The van der Waals surface area contributed by atoms with Crippen molar-refractivity contribution in [1.29, 1.82) is 0 Å². The number of amides is 1. The number of nitrogens with zero attached hydrogens (tertiary/aromatic N) is 3. The standard InChI is InChI=1S/C20H20ClFN4O3S/c1-3-28-15-7-5-14(6-8-15)23-19(27)12-30-20-25-24-18(26(20)2)11-29-17-9-4-13(22)10-16(17)21/h4-10H,3,11-12H2,1-2H3,(H,23,27). The van der Waals surface area contributed by atoms with Gasteiger partial charge in [0.05, 0.1) is 17.4 Å². The van der Waals surface area contributed by atoms with Crippen LogP contribution in [0, 0.1) is 5.82 Å². The highest BCUT2D eigenvalue weighted by Crippen LogP contribution is 2.26. The van der Waals surface area contributed by atoms with Crippen LogP contribution in [0.3, 0.4) is 0 Å². The van der Waals surface area contributed by atoms with Crippen LogP contribution < -0.4 is 14.8 Å². The summed E-state index contributed by atoms with van der Waals surface area (Å²) in [6.07, 6.45) is 0. The van der Waals surface area contributed by atoms with Gasteiger partial charge >= 0.3 is 0 Å². The molecule has 1 heterocycles. The molecule has 7 nitrogen and oxygen atoms in total. The molecule has 0 saturated carbocycles. The van der Waals surface area contributed by atoms with Crippen LogP contribution in [0.15, 0.2) is 47.6 Å². The Morgan fingerprint density at radius 1 is 1.20 bits per heavy atom. The number of hydrogen-bond donors (Lipinski definition) is 1. The SMILES string of the molecule is CCOc1ccc(NC(=O)CSc2nnc(COc3ccc(F)cc3Cl)n2C)cc1. The van der Waals surface area contributed by atoms with E-state index in [1.165, 1.54) is 30.0 Å². The number of anilines is 1. The van der Waals surface area contributed by atoms with Crippen LogP contribution >= 0.6 is 23.4 Å². The van der Waals surface area contributed by atoms with Gasteiger partial charge in [0, 0.05) is 12.7 Å². The minimum Gasteiger partial charge on any atom is -0.494 e. The zero-order valence-corrected chi connectivity index (χ0v) is 18.0. The molecule has 10 heteroatoms. The zero-order valence-electron chi connectivity index (χ0n) is 16.4. The van der Waals surface area contributed by atoms with Crippen LogP contribution in [-0.2, 0) is 18.4 Å². The fourth-order valence-electron chi connectivity index (χ4n) is 2.46. The second kappa shape index (κ2) is 10.3. The Kier molecular flexibility index (Phi) is 7.53. The molecule has 2 aromatic carbocycles. The van der Waals surface area contributed by atoms with E-state index in [1.54, 1.807) is 35.9 Å². The second-order valence-corrected chi connectivity index (χ2v) is 7.47. The third-order valence-electron chi connectivity index (χ3n) is 3.96. The van der Waals surface area contributed by atoms with Crippen molar-refractivity contribution < 1.29 is 18.7 Å². The van der Waals surface area contributed by atoms with Gasteiger partial charge in [0.25, 0.3) is 0 Å². The number of benzene rings is 2. The van der Waals surface area contributed by atoms with E-state index in [1.807, 2.05) is 6.92 Å². The number of aromatic nitrogens is 3. The summed E-state index contributed by atoms with van der Waals surface area (Å²) >= 11 is 7.21. The van der Waals surface area contributed by atoms with Crippen LogP contribution in [0.4, 0.5) is 10.1 Å². The Balaban J connectivity index is 1.51. The number of thioether (sulfide) groups is 1. The van der Waals surface area contributed by atoms with Gasteiger partial charge in [-0.1, -0.05) is 23.4 Å². The van der Waals surface area contributed by atoms with E-state index in [0.29, 0.717) is 29.0 Å². The van der Waals surface area contributed by atoms with Crippen LogP contribution in [0.25, 0.3) is 0 Å². The lowest BCUT2D eigenvalue weighted by atomic mass is 10.3. The van der Waals surface area contributed by atoms with Crippen LogP contribution in [0.5, 0.6) is 11.5 Å². The normalized spacial score (nSPS) is 10.7. The van der Waals surface area contributed by atoms with Gasteiger partial charge in [-0.2, -0.15) is 0 Å². The van der Waals surface area contributed by atoms with Crippen LogP contribution in [0.2, 0.25) is 5.02 Å². The molecule has 0 aliphatic rings. The highest BCUT2D eigenvalue weighted by molar-refractivity contribution is 7.99. The largest absolute Gasteiger partial charge is 0.494 e. The lowest BCUT2D eigenvalue weighted by Gasteiger charge is -2.08. The van der Waals surface area contributed by atoms with Gasteiger partial charge in [-0.3, -0.25) is 4.79 Å². The maximum atomic E-state index is 13.1. The molecule has 1 aromatic heterocycles. The first kappa shape index (κ1) is 21.9. The van der Waals surface area contributed by atoms with Crippen molar-refractivity contribution >= 4 is 35.0 Å². The van der Waals surface area contributed by atoms with Crippen molar-refractivity contribution in [1.82, 2.24) is 14.8 Å². The van der Waals surface area contributed by atoms with Crippen molar-refractivity contribution in [2.75, 3.05) is 17.7 Å². The quantitative estimate of drug-likeness (QED) is 0.489. The number of carbonyl (C=O) groups excluding carboxylic acids is 1. The number of carbonyl (C=O) groups is 1. The maximum Gasteiger partial charge on any atom is 0.234 e. The predicted octanol–water partition coefficient (Wildman–Crippen LogP) is 4.32. The van der Waals surface area contributed by atoms with Crippen molar-refractivity contribution in [3.63, 3.8) is 0 Å². The molecule has 30 heavy (non-hydrogen) atoms. The van der Waals surface area contributed by atoms with Crippen molar-refractivity contribution in [3.8, 4) is 11.5 Å². The van der Waals surface area contributed by atoms with E-state index in [-0.39, 0.29) is 23.3 Å². The summed E-state index contributed by atoms with van der Waals surface area (Å²) < 4.78 is 25.8. The first-order chi connectivity index (χ1) is 14.5. The highest BCUT2D eigenvalue weighted by Gasteiger charge is 2.13. The van der Waals surface area contributed by atoms with E-state index in [9.17, 15) is 9.18 Å². The van der Waals surface area contributed by atoms with Crippen molar-refractivity contribution in [3.05, 3.63) is 59.1 Å². The van der Waals surface area contributed by atoms with Gasteiger partial charge in [-0.05, 0) is 49.4 Å². The molecule has 0 unspecified atom stereocenters. The Morgan fingerprint density at radius 2 is 1.97 bits per heavy atom. The molecule has 3 aromatic rings. The Labute approximate surface area is 182 Å². The van der Waals surface area contributed by atoms with Crippen LogP contribution in [0.1, 0.15) is 12.7 Å². The average Bonchev–Trinajstić information content (AvgIpc) is 3.07. The monoisotopic (exact) mass is 450 g/mol. The molecule has 1 N–H and O–H groups in total. The summed E-state index contributed by atoms with van der Waals surface area (Å²) in [5, 5.41) is 11.7. The molecule has 3 rings (SSSR count). The predicted molar refractivity (Wildman–Crippen MR) is 114 cm³/mol. The van der Waals surface area contributed by atoms with E-state index in [2.05, 4.69) is 15.5 Å². The summed E-state index contributed by atoms with van der Waals surface area (Å²) in [4.78, 5) is 12.2. The van der Waals surface area contributed by atoms with Crippen LogP contribution in [-0.4, -0.2) is 33.0 Å². The van der Waals surface area contributed by atoms with Gasteiger partial charge in [-0.15, -0.1) is 10.2 Å². The molecular formula is C20H20ClFN4O3S. The first-order valence-corrected chi connectivity index (χ1v) is 10.4. The first-order valence-electron chi connectivity index (χ1n) is 9.08. The summed E-state index contributed by atoms with van der Waals surface area (Å²) in [7, 11) is 1.78. The molecule has 0 fully saturated rings. The average molecular weight is 451 g/mol. The Hall–Kier alpha value is -2.78. The summed E-state index contributed by atoms with van der Waals surface area (Å²) in [5.41, 5.74) is 0.687. The molecule has 0 radical (unpaired) electrons. The summed E-state index contributed by atoms with van der Waals surface area (Å²) in [6, 6.07) is 11.1. The van der Waals surface area contributed by atoms with Crippen molar-refractivity contribution in [2.24, 2.45) is 7.05 Å². The summed E-state index contributed by atoms with van der Waals surface area (Å²) in [5.74, 6) is 1.22. The molecule has 0 spiro atoms. The number of rotatable bonds is 9. The Morgan fingerprint density at radius 3 is 2.67 bits per heavy atom. The number of ether oxygens (including phenoxy) is 2. The molecule has 1 amide bonds. The summed E-state index contributed by atoms with van der Waals surface area (Å²) in [6.45, 7) is 2.60. The maximum absolute atomic E-state index is 13.1. The number of nitrogens with one attached hydrogen (secondary N) is 1. The number of hydrogen-bond acceptors (Lipinski definition) is 6. The highest BCUT2D eigenvalue weighted by atomic mass is 35.5. The Bertz CT molecular complexity index is 1010. The smallest absolute Gasteiger partial charge is 0.234 e. The van der Waals surface area contributed by atoms with E-state index < -0.39 is 5.82 Å². The third kappa shape index (κ3) is 5.87. The van der Waals surface area contributed by atoms with Gasteiger partial charge < -0.3 is 19.4 Å². The van der Waals surface area contributed by atoms with Gasteiger partial charge in [0.2, 0.25) is 5.91 Å². The number of halogens is 2. The van der Waals surface area contributed by atoms with Gasteiger partial charge in [-0.25, -0.2) is 4.39 Å². The molecule has 0 saturated heterocycles. The fraction of sp³-hybridized carbons (Fsp3) is 0.250. The van der Waals surface area contributed by atoms with Crippen molar-refractivity contribution in [2.45, 2.75) is 18.7 Å². The molecule has 0 aliphatic carbocycles. The molecule has 0 atom stereocenters. The molecular weight excluding hydrogens is 431 g/mol. The van der Waals surface area contributed by atoms with E-state index in [0.717, 1.165) is 5.75 Å². The van der Waals surface area contributed by atoms with E-state index in [4.69, 9.17) is 21.1 Å². The zero-order chi connectivity index (χ0) is 21.5. The van der Waals surface area contributed by atoms with Gasteiger partial charge in [0.1, 0.15) is 23.9 Å². The third-order valence-corrected chi connectivity index (χ3v) is 5.27. The topological polar surface area (TPSA) is 78.3 Å². The molecule has 0 bridgehead atoms. The lowest BCUT2D eigenvalue weighted by Crippen LogP contribution is -2.14. The van der Waals surface area contributed by atoms with Gasteiger partial charge in [0.15, 0.2) is 11.0 Å². The molecule has 0 aliphatic heterocycles. The van der Waals surface area contributed by atoms with E-state index >= 15 is 0 Å². The second-order valence-electron chi connectivity index (χ2n) is 6.12. The minimum absolute atomic E-state index is 0.105. The minimum atomic E-state index is -0.437. The fourth-order valence-corrected chi connectivity index (χ4v) is 3.41. The molecule has 158 valence electrons.